The average molecular weight is 515 g/mol. The molecule has 0 saturated heterocycles. The summed E-state index contributed by atoms with van der Waals surface area (Å²) < 4.78 is 66.5. The Morgan fingerprint density at radius 1 is 1.43 bits per heavy atom. The second-order valence-corrected chi connectivity index (χ2v) is 9.60. The highest BCUT2D eigenvalue weighted by atomic mass is 79.9. The monoisotopic (exact) mass is 514 g/mol. The van der Waals surface area contributed by atoms with Gasteiger partial charge in [-0.25, -0.2) is 13.9 Å². The van der Waals surface area contributed by atoms with E-state index in [2.05, 4.69) is 31.1 Å². The summed E-state index contributed by atoms with van der Waals surface area (Å²) in [6.07, 6.45) is 3.09. The van der Waals surface area contributed by atoms with Gasteiger partial charge in [0.15, 0.2) is 4.51 Å². The summed E-state index contributed by atoms with van der Waals surface area (Å²) in [5.74, 6) is -0.765. The van der Waals surface area contributed by atoms with Crippen molar-refractivity contribution >= 4 is 31.9 Å². The number of nitrogens with one attached hydrogen (secondary N) is 1. The molecule has 1 N–H and O–H groups in total. The molecule has 2 atom stereocenters. The molecule has 166 valence electrons. The van der Waals surface area contributed by atoms with Crippen LogP contribution in [-0.4, -0.2) is 53.5 Å². The maximum Gasteiger partial charge on any atom is 0.511 e. The first-order valence-electron chi connectivity index (χ1n) is 8.42. The van der Waals surface area contributed by atoms with Crippen molar-refractivity contribution in [2.24, 2.45) is 5.41 Å². The Bertz CT molecular complexity index is 921. The van der Waals surface area contributed by atoms with Gasteiger partial charge in [0, 0.05) is 25.1 Å². The zero-order valence-corrected chi connectivity index (χ0v) is 18.2. The summed E-state index contributed by atoms with van der Waals surface area (Å²) >= 11 is 3.13. The quantitative estimate of drug-likeness (QED) is 0.304. The van der Waals surface area contributed by atoms with Crippen LogP contribution in [0.3, 0.4) is 0 Å². The van der Waals surface area contributed by atoms with E-state index < -0.39 is 44.1 Å². The summed E-state index contributed by atoms with van der Waals surface area (Å²) in [6, 6.07) is 3.06. The number of alkyl halides is 4. The van der Waals surface area contributed by atoms with Gasteiger partial charge >= 0.3 is 15.5 Å². The molecular weight excluding hydrogens is 497 g/mol. The molecule has 1 amide bonds. The zero-order chi connectivity index (χ0) is 22.8. The van der Waals surface area contributed by atoms with Crippen molar-refractivity contribution in [3.05, 3.63) is 30.1 Å². The molecule has 14 heteroatoms. The fourth-order valence-corrected chi connectivity index (χ4v) is 4.78. The molecule has 1 aliphatic rings. The van der Waals surface area contributed by atoms with Gasteiger partial charge in [-0.15, -0.1) is 0 Å². The lowest BCUT2D eigenvalue weighted by Crippen LogP contribution is -2.59. The van der Waals surface area contributed by atoms with Gasteiger partial charge in [-0.3, -0.25) is 14.6 Å². The topological polar surface area (TPSA) is 122 Å². The number of amides is 1. The minimum Gasteiger partial charge on any atom is -0.368 e. The Labute approximate surface area is 179 Å². The van der Waals surface area contributed by atoms with Crippen molar-refractivity contribution < 1.29 is 36.0 Å². The molecule has 0 spiro atoms. The summed E-state index contributed by atoms with van der Waals surface area (Å²) in [5, 5.41) is 9.60. The Kier molecular flexibility index (Phi) is 7.14. The molecule has 1 aliphatic carbocycles. The van der Waals surface area contributed by atoms with Gasteiger partial charge < -0.3 is 4.74 Å². The molecule has 30 heavy (non-hydrogen) atoms. The number of rotatable bonds is 9. The maximum atomic E-state index is 13.2. The summed E-state index contributed by atoms with van der Waals surface area (Å²) in [5.41, 5.74) is -4.79. The van der Waals surface area contributed by atoms with Crippen LogP contribution in [0.4, 0.5) is 13.2 Å². The van der Waals surface area contributed by atoms with E-state index in [0.29, 0.717) is 0 Å². The molecule has 0 aromatic carbocycles. The number of methoxy groups -OCH3 is 1. The van der Waals surface area contributed by atoms with Crippen molar-refractivity contribution in [1.29, 1.82) is 5.26 Å². The summed E-state index contributed by atoms with van der Waals surface area (Å²) in [7, 11) is -4.83. The van der Waals surface area contributed by atoms with E-state index in [4.69, 9.17) is 4.84 Å². The number of hydrogen-bond donors (Lipinski definition) is 1. The van der Waals surface area contributed by atoms with E-state index in [1.54, 1.807) is 0 Å². The number of hydroxylamine groups is 1. The molecule has 1 heterocycles. The number of nitriles is 1. The predicted molar refractivity (Wildman–Crippen MR) is 99.9 cm³/mol. The predicted octanol–water partition coefficient (Wildman–Crippen LogP) is 2.28. The number of carbonyl (C=O) groups excluding carboxylic acids is 1. The molecule has 0 aliphatic heterocycles. The first-order valence-corrected chi connectivity index (χ1v) is 10.6. The van der Waals surface area contributed by atoms with Crippen molar-refractivity contribution in [1.82, 2.24) is 14.8 Å². The molecule has 1 saturated carbocycles. The van der Waals surface area contributed by atoms with Crippen LogP contribution in [0.1, 0.15) is 30.1 Å². The van der Waals surface area contributed by atoms with Gasteiger partial charge in [0.25, 0.3) is 5.91 Å². The largest absolute Gasteiger partial charge is 0.511 e. The van der Waals surface area contributed by atoms with E-state index in [1.165, 1.54) is 24.5 Å². The highest BCUT2D eigenvalue weighted by Crippen LogP contribution is 2.60. The average Bonchev–Trinajstić information content (AvgIpc) is 3.51. The van der Waals surface area contributed by atoms with Crippen LogP contribution < -0.4 is 5.48 Å². The molecule has 0 bridgehead atoms. The van der Waals surface area contributed by atoms with Crippen molar-refractivity contribution in [3.8, 4) is 6.07 Å². The SMILES string of the molecule is COCN([C@@H](C)C(Br)(ONC(=O)c1ccncc1)C1(C#N)CC1)S(=O)(=O)C(F)(F)F. The molecule has 0 radical (unpaired) electrons. The standard InChI is InChI=1S/C16H18BrF3N4O5S/c1-11(24(10-28-2)30(26,27)16(18,19)20)15(17,14(9-21)5-6-14)29-23-13(25)12-3-7-22-8-4-12/h3-4,7-8,11H,5-6,10H2,1-2H3,(H,23,25)/t11-,15?/m0/s1. The highest BCUT2D eigenvalue weighted by molar-refractivity contribution is 9.10. The van der Waals surface area contributed by atoms with Crippen molar-refractivity contribution in [2.75, 3.05) is 13.8 Å². The minimum atomic E-state index is -5.85. The smallest absolute Gasteiger partial charge is 0.368 e. The third-order valence-electron chi connectivity index (χ3n) is 4.68. The number of carbonyl (C=O) groups is 1. The summed E-state index contributed by atoms with van der Waals surface area (Å²) in [6.45, 7) is 0.159. The maximum absolute atomic E-state index is 13.2. The van der Waals surface area contributed by atoms with Crippen LogP contribution in [0.5, 0.6) is 0 Å². The van der Waals surface area contributed by atoms with E-state index in [1.807, 2.05) is 6.07 Å². The Morgan fingerprint density at radius 3 is 2.43 bits per heavy atom. The number of hydrogen-bond acceptors (Lipinski definition) is 7. The molecular formula is C16H18BrF3N4O5S. The highest BCUT2D eigenvalue weighted by Gasteiger charge is 2.67. The van der Waals surface area contributed by atoms with Gasteiger partial charge in [0.1, 0.15) is 12.1 Å². The lowest BCUT2D eigenvalue weighted by Gasteiger charge is -2.41. The molecule has 1 unspecified atom stereocenters. The normalized spacial score (nSPS) is 18.9. The summed E-state index contributed by atoms with van der Waals surface area (Å²) in [4.78, 5) is 21.5. The van der Waals surface area contributed by atoms with Crippen LogP contribution in [0, 0.1) is 16.7 Å². The Hall–Kier alpha value is -1.79. The number of ether oxygens (including phenoxy) is 1. The molecule has 1 aromatic heterocycles. The second-order valence-electron chi connectivity index (χ2n) is 6.54. The third kappa shape index (κ3) is 4.45. The van der Waals surface area contributed by atoms with Crippen molar-refractivity contribution in [2.45, 2.75) is 35.8 Å². The number of sulfonamides is 1. The molecule has 2 rings (SSSR count). The van der Waals surface area contributed by atoms with E-state index >= 15 is 0 Å². The van der Waals surface area contributed by atoms with Gasteiger partial charge in [-0.2, -0.15) is 22.7 Å². The van der Waals surface area contributed by atoms with Crippen LogP contribution >= 0.6 is 15.9 Å². The Balaban J connectivity index is 2.40. The first-order chi connectivity index (χ1) is 13.9. The minimum absolute atomic E-state index is 0.0255. The van der Waals surface area contributed by atoms with Crippen molar-refractivity contribution in [3.63, 3.8) is 0 Å². The van der Waals surface area contributed by atoms with Crippen LogP contribution in [-0.2, 0) is 19.6 Å². The molecule has 9 nitrogen and oxygen atoms in total. The Morgan fingerprint density at radius 2 is 2.00 bits per heavy atom. The molecule has 1 fully saturated rings. The van der Waals surface area contributed by atoms with Crippen LogP contribution in [0.15, 0.2) is 24.5 Å². The fourth-order valence-electron chi connectivity index (χ4n) is 2.75. The molecule has 1 aromatic rings. The number of halogens is 4. The van der Waals surface area contributed by atoms with Gasteiger partial charge in [0.05, 0.1) is 12.1 Å². The second kappa shape index (κ2) is 8.75. The third-order valence-corrected chi connectivity index (χ3v) is 7.89. The van der Waals surface area contributed by atoms with Crippen LogP contribution in [0.2, 0.25) is 0 Å². The van der Waals surface area contributed by atoms with Gasteiger partial charge in [-0.1, -0.05) is 0 Å². The van der Waals surface area contributed by atoms with E-state index in [0.717, 1.165) is 14.0 Å². The fraction of sp³-hybridized carbons (Fsp3) is 0.562. The number of aromatic nitrogens is 1. The van der Waals surface area contributed by atoms with E-state index in [-0.39, 0.29) is 22.7 Å². The first kappa shape index (κ1) is 24.5. The van der Waals surface area contributed by atoms with Gasteiger partial charge in [0.2, 0.25) is 0 Å². The van der Waals surface area contributed by atoms with E-state index in [9.17, 15) is 31.6 Å². The zero-order valence-electron chi connectivity index (χ0n) is 15.8. The van der Waals surface area contributed by atoms with Gasteiger partial charge in [-0.05, 0) is 47.8 Å². The number of pyridine rings is 1. The van der Waals surface area contributed by atoms with Crippen LogP contribution in [0.25, 0.3) is 0 Å². The number of nitrogens with zero attached hydrogens (tertiary/aromatic N) is 3. The lowest BCUT2D eigenvalue weighted by molar-refractivity contribution is -0.101. The lowest BCUT2D eigenvalue weighted by atomic mass is 9.95.